The number of hydrogen-bond acceptors (Lipinski definition) is 19. The summed E-state index contributed by atoms with van der Waals surface area (Å²) in [6, 6.07) is 0. The molecule has 0 aromatic heterocycles. The standard InChI is InChI=1S/C20H36O17.C3H3NO2/c1-31-5-32-18-14(29)16(10(25)7(3-22)33-18)37-20-15(30)17(11(26)8(4-23)35-20)36-19-13(28)12(27)9(24)6(2-21)34-19;1-2-6-4-3-5/h6-30H,2-5H2,1H3;1,3H,(H,4,5)/t6?,7?,8?,9?,10?,11?,12?,13?,14?,15?,16-,17?,18?,19?,20?;/m0./s1. The molecule has 250 valence electrons. The van der Waals surface area contributed by atoms with Gasteiger partial charge < -0.3 is 89.1 Å². The van der Waals surface area contributed by atoms with Gasteiger partial charge in [0.05, 0.1) is 19.8 Å². The van der Waals surface area contributed by atoms with Crippen LogP contribution < -0.4 is 5.48 Å². The topological polar surface area (TPSA) is 305 Å². The predicted molar refractivity (Wildman–Crippen MR) is 131 cm³/mol. The van der Waals surface area contributed by atoms with Crippen molar-refractivity contribution in [2.45, 2.75) is 92.1 Å². The molecule has 0 spiro atoms. The summed E-state index contributed by atoms with van der Waals surface area (Å²) in [7, 11) is 1.31. The number of ether oxygens (including phenoxy) is 7. The van der Waals surface area contributed by atoms with E-state index in [9.17, 15) is 55.9 Å². The largest absolute Gasteiger partial charge is 0.394 e. The molecule has 3 aliphatic heterocycles. The molecule has 0 radical (unpaired) electrons. The van der Waals surface area contributed by atoms with Gasteiger partial charge in [-0.05, 0) is 0 Å². The van der Waals surface area contributed by atoms with E-state index in [2.05, 4.69) is 11.3 Å². The number of carbonyl (C=O) groups is 1. The first kappa shape index (κ1) is 37.3. The Balaban J connectivity index is 0.000000973. The van der Waals surface area contributed by atoms with Gasteiger partial charge in [-0.15, -0.1) is 0 Å². The van der Waals surface area contributed by atoms with Crippen LogP contribution in [-0.2, 0) is 42.8 Å². The van der Waals surface area contributed by atoms with E-state index in [0.29, 0.717) is 6.41 Å². The summed E-state index contributed by atoms with van der Waals surface area (Å²) in [4.78, 5) is 13.1. The monoisotopic (exact) mass is 633 g/mol. The summed E-state index contributed by atoms with van der Waals surface area (Å²) in [5.74, 6) is 0. The molecule has 43 heavy (non-hydrogen) atoms. The predicted octanol–water partition coefficient (Wildman–Crippen LogP) is -7.69. The number of terminal acetylenes is 1. The van der Waals surface area contributed by atoms with Crippen LogP contribution in [0.25, 0.3) is 0 Å². The number of hydrogen-bond donors (Lipinski definition) is 11. The average Bonchev–Trinajstić information content (AvgIpc) is 3.01. The van der Waals surface area contributed by atoms with E-state index in [1.165, 1.54) is 7.11 Å². The number of amides is 1. The van der Waals surface area contributed by atoms with Crippen LogP contribution in [0.3, 0.4) is 0 Å². The van der Waals surface area contributed by atoms with Gasteiger partial charge in [-0.2, -0.15) is 5.48 Å². The van der Waals surface area contributed by atoms with Crippen molar-refractivity contribution in [3.8, 4) is 12.5 Å². The zero-order valence-corrected chi connectivity index (χ0v) is 22.8. The second-order valence-electron chi connectivity index (χ2n) is 9.34. The van der Waals surface area contributed by atoms with Crippen LogP contribution in [0.4, 0.5) is 0 Å². The van der Waals surface area contributed by atoms with Gasteiger partial charge in [-0.3, -0.25) is 4.79 Å². The molecule has 3 rings (SSSR count). The molecule has 3 heterocycles. The van der Waals surface area contributed by atoms with E-state index >= 15 is 0 Å². The molecular formula is C23H39NO19. The van der Waals surface area contributed by atoms with E-state index in [-0.39, 0.29) is 6.79 Å². The Morgan fingerprint density at radius 3 is 1.56 bits per heavy atom. The Bertz CT molecular complexity index is 848. The number of nitrogens with one attached hydrogen (secondary N) is 1. The second kappa shape index (κ2) is 18.2. The summed E-state index contributed by atoms with van der Waals surface area (Å²) in [6.45, 7) is -2.58. The van der Waals surface area contributed by atoms with E-state index < -0.39 is 112 Å². The maximum Gasteiger partial charge on any atom is 0.240 e. The lowest BCUT2D eigenvalue weighted by molar-refractivity contribution is -0.382. The molecular weight excluding hydrogens is 594 g/mol. The van der Waals surface area contributed by atoms with Crippen molar-refractivity contribution in [2.75, 3.05) is 33.7 Å². The highest BCUT2D eigenvalue weighted by Crippen LogP contribution is 2.32. The Morgan fingerprint density at radius 1 is 0.698 bits per heavy atom. The number of methoxy groups -OCH3 is 1. The summed E-state index contributed by atoms with van der Waals surface area (Å²) in [6.07, 6.45) is -18.1. The van der Waals surface area contributed by atoms with Crippen molar-refractivity contribution in [1.82, 2.24) is 5.48 Å². The van der Waals surface area contributed by atoms with E-state index in [0.717, 1.165) is 0 Å². The maximum atomic E-state index is 10.9. The highest BCUT2D eigenvalue weighted by atomic mass is 16.8. The van der Waals surface area contributed by atoms with Crippen LogP contribution >= 0.6 is 0 Å². The molecule has 3 fully saturated rings. The lowest BCUT2D eigenvalue weighted by Gasteiger charge is -2.48. The first-order valence-electron chi connectivity index (χ1n) is 12.8. The number of aliphatic hydroxyl groups excluding tert-OH is 10. The normalized spacial score (nSPS) is 43.1. The van der Waals surface area contributed by atoms with Crippen LogP contribution in [0.1, 0.15) is 0 Å². The molecule has 0 aromatic rings. The van der Waals surface area contributed by atoms with Gasteiger partial charge >= 0.3 is 0 Å². The Morgan fingerprint density at radius 2 is 1.14 bits per heavy atom. The average molecular weight is 634 g/mol. The van der Waals surface area contributed by atoms with E-state index in [1.54, 1.807) is 11.6 Å². The van der Waals surface area contributed by atoms with Gasteiger partial charge in [0.1, 0.15) is 86.1 Å². The molecule has 3 saturated heterocycles. The van der Waals surface area contributed by atoms with Crippen molar-refractivity contribution in [1.29, 1.82) is 0 Å². The van der Waals surface area contributed by atoms with Crippen molar-refractivity contribution < 1.29 is 93.9 Å². The Labute approximate surface area is 244 Å². The summed E-state index contributed by atoms with van der Waals surface area (Å²) < 4.78 is 37.0. The zero-order chi connectivity index (χ0) is 32.3. The van der Waals surface area contributed by atoms with Crippen LogP contribution in [-0.4, -0.2) is 183 Å². The third kappa shape index (κ3) is 9.33. The molecule has 14 unspecified atom stereocenters. The van der Waals surface area contributed by atoms with Crippen LogP contribution in [0.2, 0.25) is 0 Å². The quantitative estimate of drug-likeness (QED) is 0.0312. The van der Waals surface area contributed by atoms with Crippen molar-refractivity contribution in [3.05, 3.63) is 0 Å². The third-order valence-electron chi connectivity index (χ3n) is 6.59. The number of hydroxylamine groups is 1. The lowest BCUT2D eigenvalue weighted by Crippen LogP contribution is -2.67. The van der Waals surface area contributed by atoms with Gasteiger partial charge in [-0.25, -0.2) is 0 Å². The summed E-state index contributed by atoms with van der Waals surface area (Å²) in [5, 5.41) is 101. The highest BCUT2D eigenvalue weighted by Gasteiger charge is 2.53. The molecule has 20 nitrogen and oxygen atoms in total. The summed E-state index contributed by atoms with van der Waals surface area (Å²) >= 11 is 0. The molecule has 0 saturated carbocycles. The number of carbonyl (C=O) groups excluding carboxylic acids is 1. The van der Waals surface area contributed by atoms with Gasteiger partial charge in [0.25, 0.3) is 0 Å². The fourth-order valence-corrected chi connectivity index (χ4v) is 4.36. The smallest absolute Gasteiger partial charge is 0.240 e. The van der Waals surface area contributed by atoms with Crippen molar-refractivity contribution in [2.24, 2.45) is 0 Å². The van der Waals surface area contributed by atoms with Crippen LogP contribution in [0.5, 0.6) is 0 Å². The fourth-order valence-electron chi connectivity index (χ4n) is 4.36. The zero-order valence-electron chi connectivity index (χ0n) is 22.8. The van der Waals surface area contributed by atoms with Crippen molar-refractivity contribution in [3.63, 3.8) is 0 Å². The maximum absolute atomic E-state index is 10.9. The first-order chi connectivity index (χ1) is 20.5. The minimum Gasteiger partial charge on any atom is -0.394 e. The van der Waals surface area contributed by atoms with E-state index in [1.807, 2.05) is 0 Å². The molecule has 0 aromatic carbocycles. The molecule has 3 aliphatic rings. The molecule has 15 atom stereocenters. The van der Waals surface area contributed by atoms with Crippen LogP contribution in [0, 0.1) is 12.5 Å². The van der Waals surface area contributed by atoms with Gasteiger partial charge in [-0.1, -0.05) is 6.42 Å². The number of aliphatic hydroxyl groups is 10. The Hall–Kier alpha value is -1.85. The van der Waals surface area contributed by atoms with E-state index in [4.69, 9.17) is 33.2 Å². The summed E-state index contributed by atoms with van der Waals surface area (Å²) in [5.41, 5.74) is 1.78. The van der Waals surface area contributed by atoms with Crippen LogP contribution in [0.15, 0.2) is 0 Å². The molecule has 0 aliphatic carbocycles. The van der Waals surface area contributed by atoms with Gasteiger partial charge in [0.15, 0.2) is 18.9 Å². The fraction of sp³-hybridized carbons (Fsp3) is 0.870. The molecule has 11 N–H and O–H groups in total. The third-order valence-corrected chi connectivity index (χ3v) is 6.59. The lowest BCUT2D eigenvalue weighted by atomic mass is 9.96. The highest BCUT2D eigenvalue weighted by molar-refractivity contribution is 5.43. The van der Waals surface area contributed by atoms with Crippen molar-refractivity contribution >= 4 is 6.41 Å². The number of rotatable bonds is 12. The Kier molecular flexibility index (Phi) is 15.8. The molecule has 20 heteroatoms. The first-order valence-corrected chi connectivity index (χ1v) is 12.8. The molecule has 0 bridgehead atoms. The van der Waals surface area contributed by atoms with Gasteiger partial charge in [0.2, 0.25) is 6.41 Å². The minimum absolute atomic E-state index is 0.320. The minimum atomic E-state index is -1.90. The molecule has 1 amide bonds. The SMILES string of the molecule is C#CONC=O.COCOC1OC(CO)C(O)[C@H](OC2OC(CO)C(O)C(OC3OC(CO)C(O)C(O)C3O)C2O)C1O. The second-order valence-corrected chi connectivity index (χ2v) is 9.34. The van der Waals surface area contributed by atoms with Gasteiger partial charge in [0, 0.05) is 7.11 Å².